The van der Waals surface area contributed by atoms with E-state index >= 15 is 0 Å². The van der Waals surface area contributed by atoms with Crippen LogP contribution in [0.15, 0.2) is 35.0 Å². The molecule has 0 aliphatic heterocycles. The van der Waals surface area contributed by atoms with E-state index in [-0.39, 0.29) is 10.7 Å². The van der Waals surface area contributed by atoms with Gasteiger partial charge < -0.3 is 4.42 Å². The van der Waals surface area contributed by atoms with Gasteiger partial charge in [-0.1, -0.05) is 23.2 Å². The van der Waals surface area contributed by atoms with E-state index in [1.165, 1.54) is 6.33 Å². The summed E-state index contributed by atoms with van der Waals surface area (Å²) in [4.78, 5) is 18.9. The zero-order chi connectivity index (χ0) is 13.4. The standard InChI is InChI=1S/C14H9ClN2O2/c1-8-2-3-11-9(4-8)5-12(19-11)13-10(6-18)14(15)17-7-16-13/h2-7H,1H3. The Morgan fingerprint density at radius 2 is 2.11 bits per heavy atom. The van der Waals surface area contributed by atoms with Crippen LogP contribution in [0.5, 0.6) is 0 Å². The Kier molecular flexibility index (Phi) is 2.80. The number of hydrogen-bond acceptors (Lipinski definition) is 4. The fourth-order valence-corrected chi connectivity index (χ4v) is 2.13. The van der Waals surface area contributed by atoms with E-state index in [2.05, 4.69) is 9.97 Å². The van der Waals surface area contributed by atoms with Crippen LogP contribution in [0.1, 0.15) is 15.9 Å². The first-order valence-electron chi connectivity index (χ1n) is 5.65. The van der Waals surface area contributed by atoms with Crippen LogP contribution in [-0.2, 0) is 0 Å². The van der Waals surface area contributed by atoms with Gasteiger partial charge in [0.25, 0.3) is 0 Å². The van der Waals surface area contributed by atoms with Crippen molar-refractivity contribution >= 4 is 28.9 Å². The van der Waals surface area contributed by atoms with Crippen LogP contribution < -0.4 is 0 Å². The molecule has 0 atom stereocenters. The molecule has 0 aliphatic carbocycles. The van der Waals surface area contributed by atoms with Crippen molar-refractivity contribution in [1.82, 2.24) is 9.97 Å². The van der Waals surface area contributed by atoms with Gasteiger partial charge in [-0.3, -0.25) is 4.79 Å². The van der Waals surface area contributed by atoms with Crippen molar-refractivity contribution in [2.24, 2.45) is 0 Å². The maximum atomic E-state index is 11.1. The van der Waals surface area contributed by atoms with Gasteiger partial charge in [-0.05, 0) is 25.1 Å². The number of halogens is 1. The van der Waals surface area contributed by atoms with Gasteiger partial charge in [-0.2, -0.15) is 0 Å². The number of furan rings is 1. The predicted molar refractivity (Wildman–Crippen MR) is 72.4 cm³/mol. The minimum atomic E-state index is 0.122. The van der Waals surface area contributed by atoms with Gasteiger partial charge in [0, 0.05) is 5.39 Å². The summed E-state index contributed by atoms with van der Waals surface area (Å²) in [6.45, 7) is 2.00. The molecule has 2 heterocycles. The zero-order valence-electron chi connectivity index (χ0n) is 10.1. The van der Waals surface area contributed by atoms with Crippen molar-refractivity contribution in [2.75, 3.05) is 0 Å². The average molecular weight is 273 g/mol. The monoisotopic (exact) mass is 272 g/mol. The Hall–Kier alpha value is -2.20. The van der Waals surface area contributed by atoms with E-state index in [1.807, 2.05) is 31.2 Å². The Morgan fingerprint density at radius 3 is 2.89 bits per heavy atom. The number of aldehydes is 1. The van der Waals surface area contributed by atoms with Crippen molar-refractivity contribution in [3.63, 3.8) is 0 Å². The quantitative estimate of drug-likeness (QED) is 0.528. The number of fused-ring (bicyclic) bond motifs is 1. The molecule has 3 aromatic rings. The summed E-state index contributed by atoms with van der Waals surface area (Å²) < 4.78 is 5.70. The average Bonchev–Trinajstić information content (AvgIpc) is 2.81. The maximum absolute atomic E-state index is 11.1. The molecular weight excluding hydrogens is 264 g/mol. The molecule has 0 bridgehead atoms. The molecule has 3 rings (SSSR count). The lowest BCUT2D eigenvalue weighted by Gasteiger charge is -2.00. The Balaban J connectivity index is 2.24. The van der Waals surface area contributed by atoms with Gasteiger partial charge in [0.05, 0.1) is 5.56 Å². The van der Waals surface area contributed by atoms with E-state index in [0.29, 0.717) is 17.7 Å². The molecule has 0 amide bonds. The molecule has 4 nitrogen and oxygen atoms in total. The largest absolute Gasteiger partial charge is 0.454 e. The summed E-state index contributed by atoms with van der Waals surface area (Å²) in [6, 6.07) is 7.69. The summed E-state index contributed by atoms with van der Waals surface area (Å²) in [5, 5.41) is 1.08. The lowest BCUT2D eigenvalue weighted by molar-refractivity contribution is 0.112. The summed E-state index contributed by atoms with van der Waals surface area (Å²) in [5.41, 5.74) is 2.52. The number of aromatic nitrogens is 2. The van der Waals surface area contributed by atoms with Crippen LogP contribution in [0.3, 0.4) is 0 Å². The number of aryl methyl sites for hydroxylation is 1. The van der Waals surface area contributed by atoms with Gasteiger partial charge in [0.15, 0.2) is 12.0 Å². The number of rotatable bonds is 2. The highest BCUT2D eigenvalue weighted by molar-refractivity contribution is 6.32. The topological polar surface area (TPSA) is 56.0 Å². The van der Waals surface area contributed by atoms with Gasteiger partial charge in [0.2, 0.25) is 0 Å². The van der Waals surface area contributed by atoms with Gasteiger partial charge in [-0.25, -0.2) is 9.97 Å². The molecule has 94 valence electrons. The number of nitrogens with zero attached hydrogens (tertiary/aromatic N) is 2. The fourth-order valence-electron chi connectivity index (χ4n) is 1.95. The van der Waals surface area contributed by atoms with E-state index < -0.39 is 0 Å². The van der Waals surface area contributed by atoms with Crippen LogP contribution in [0.2, 0.25) is 5.15 Å². The van der Waals surface area contributed by atoms with E-state index in [9.17, 15) is 4.79 Å². The first kappa shape index (κ1) is 11.9. The first-order chi connectivity index (χ1) is 9.19. The molecule has 0 spiro atoms. The van der Waals surface area contributed by atoms with Crippen molar-refractivity contribution in [1.29, 1.82) is 0 Å². The predicted octanol–water partition coefficient (Wildman–Crippen LogP) is 3.66. The third kappa shape index (κ3) is 2.00. The van der Waals surface area contributed by atoms with Crippen LogP contribution in [0.25, 0.3) is 22.4 Å². The molecule has 0 N–H and O–H groups in total. The summed E-state index contributed by atoms with van der Waals surface area (Å²) >= 11 is 5.88. The molecule has 5 heteroatoms. The maximum Gasteiger partial charge on any atom is 0.155 e. The minimum absolute atomic E-state index is 0.122. The molecule has 0 radical (unpaired) electrons. The zero-order valence-corrected chi connectivity index (χ0v) is 10.8. The van der Waals surface area contributed by atoms with Gasteiger partial charge in [0.1, 0.15) is 22.8 Å². The molecule has 1 aromatic carbocycles. The SMILES string of the molecule is Cc1ccc2oc(-c3ncnc(Cl)c3C=O)cc2c1. The summed E-state index contributed by atoms with van der Waals surface area (Å²) in [7, 11) is 0. The number of hydrogen-bond donors (Lipinski definition) is 0. The third-order valence-electron chi connectivity index (χ3n) is 2.86. The van der Waals surface area contributed by atoms with Crippen LogP contribution in [0.4, 0.5) is 0 Å². The summed E-state index contributed by atoms with van der Waals surface area (Å²) in [6.07, 6.45) is 1.94. The number of carbonyl (C=O) groups is 1. The Morgan fingerprint density at radius 1 is 1.26 bits per heavy atom. The molecule has 0 fully saturated rings. The smallest absolute Gasteiger partial charge is 0.155 e. The normalized spacial score (nSPS) is 10.8. The molecule has 0 saturated carbocycles. The van der Waals surface area contributed by atoms with Gasteiger partial charge >= 0.3 is 0 Å². The van der Waals surface area contributed by atoms with Gasteiger partial charge in [-0.15, -0.1) is 0 Å². The lowest BCUT2D eigenvalue weighted by Crippen LogP contribution is -1.94. The fraction of sp³-hybridized carbons (Fsp3) is 0.0714. The number of carbonyl (C=O) groups excluding carboxylic acids is 1. The molecule has 0 aliphatic rings. The van der Waals surface area contributed by atoms with Crippen molar-refractivity contribution in [3.05, 3.63) is 46.9 Å². The highest BCUT2D eigenvalue weighted by atomic mass is 35.5. The van der Waals surface area contributed by atoms with Crippen LogP contribution in [0, 0.1) is 6.92 Å². The van der Waals surface area contributed by atoms with Crippen LogP contribution in [-0.4, -0.2) is 16.3 Å². The molecule has 0 saturated heterocycles. The highest BCUT2D eigenvalue weighted by Crippen LogP contribution is 2.30. The van der Waals surface area contributed by atoms with E-state index in [4.69, 9.17) is 16.0 Å². The lowest BCUT2D eigenvalue weighted by atomic mass is 10.1. The van der Waals surface area contributed by atoms with E-state index in [0.717, 1.165) is 16.5 Å². The van der Waals surface area contributed by atoms with Crippen LogP contribution >= 0.6 is 11.6 Å². The van der Waals surface area contributed by atoms with E-state index in [1.54, 1.807) is 0 Å². The highest BCUT2D eigenvalue weighted by Gasteiger charge is 2.15. The van der Waals surface area contributed by atoms with Crippen molar-refractivity contribution in [3.8, 4) is 11.5 Å². The Bertz CT molecular complexity index is 780. The molecule has 19 heavy (non-hydrogen) atoms. The summed E-state index contributed by atoms with van der Waals surface area (Å²) in [5.74, 6) is 0.506. The third-order valence-corrected chi connectivity index (χ3v) is 3.16. The minimum Gasteiger partial charge on any atom is -0.454 e. The number of benzene rings is 1. The second kappa shape index (κ2) is 4.48. The Labute approximate surface area is 114 Å². The second-order valence-electron chi connectivity index (χ2n) is 4.20. The molecule has 2 aromatic heterocycles. The van der Waals surface area contributed by atoms with Crippen molar-refractivity contribution in [2.45, 2.75) is 6.92 Å². The molecule has 0 unspecified atom stereocenters. The second-order valence-corrected chi connectivity index (χ2v) is 4.55. The van der Waals surface area contributed by atoms with Crippen molar-refractivity contribution < 1.29 is 9.21 Å². The first-order valence-corrected chi connectivity index (χ1v) is 6.03. The molecular formula is C14H9ClN2O2.